The molecule has 0 aliphatic heterocycles. The first-order chi connectivity index (χ1) is 57.2. The third-order valence-corrected chi connectivity index (χ3v) is 25.2. The average Bonchev–Trinajstić information content (AvgIpc) is 1.55. The number of fused-ring (bicyclic) bond motifs is 28. The molecule has 12 nitrogen and oxygen atoms in total. The predicted octanol–water partition coefficient (Wildman–Crippen LogP) is 25.0. The van der Waals surface area contributed by atoms with Crippen molar-refractivity contribution >= 4 is 174 Å². The lowest BCUT2D eigenvalue weighted by Crippen LogP contribution is -2.06. The number of aromatic nitrogens is 8. The third kappa shape index (κ3) is 8.60. The molecular weight excluding hydrogens is 1420 g/mol. The molecule has 0 saturated heterocycles. The van der Waals surface area contributed by atoms with Crippen molar-refractivity contribution in [2.45, 2.75) is 6.54 Å². The van der Waals surface area contributed by atoms with Gasteiger partial charge in [0.2, 0.25) is 0 Å². The minimum atomic E-state index is 0.496. The maximum atomic E-state index is 12.4. The molecule has 0 unspecified atom stereocenters. The maximum absolute atomic E-state index is 12.4. The minimum Gasteiger partial charge on any atom is -0.344 e. The van der Waals surface area contributed by atoms with Crippen LogP contribution in [0.4, 0.5) is 0 Å². The minimum absolute atomic E-state index is 0.496. The summed E-state index contributed by atoms with van der Waals surface area (Å²) in [5, 5.41) is 63.1. The molecule has 8 heterocycles. The summed E-state index contributed by atoms with van der Waals surface area (Å²) in [7, 11) is 6.46. The summed E-state index contributed by atoms with van der Waals surface area (Å²) < 4.78 is 18.8. The number of nitriles is 4. The van der Waals surface area contributed by atoms with Crippen LogP contribution in [0.3, 0.4) is 0 Å². The lowest BCUT2D eigenvalue weighted by molar-refractivity contribution is 0.876. The molecule has 0 saturated carbocycles. The fraction of sp³-hybridized carbons (Fsp3) is 0.0385. The van der Waals surface area contributed by atoms with E-state index in [2.05, 4.69) is 355 Å². The summed E-state index contributed by atoms with van der Waals surface area (Å²) in [4.78, 5) is 0. The Morgan fingerprint density at radius 1 is 0.224 bits per heavy atom. The highest BCUT2D eigenvalue weighted by Gasteiger charge is 2.31. The normalized spacial score (nSPS) is 12.1. The van der Waals surface area contributed by atoms with Crippen LogP contribution >= 0.6 is 0 Å². The summed E-state index contributed by atoms with van der Waals surface area (Å²) in [5.74, 6) is 0. The van der Waals surface area contributed by atoms with Gasteiger partial charge < -0.3 is 36.5 Å². The molecule has 0 amide bonds. The standard InChI is InChI=1S/C104H62N12/c1-109-83-34-12-9-31-77(83)97-90(109)47-45-72-68-27-5-14-36-85(68)113(99(72)97)92-51-65(62-23-18-21-60(49-62)55-105)52-93(80(92)57-107)114-86-37-15-6-28-69(86)73-46-48-91-98(100(73)114)78-32-10-13-35-84(78)112(91)59-64-25-20-40-89-96(64)79-44-43-76-71-30-8-17-39-88(71)116(104(76)102(79)111(89)3)95-54-66(63-24-19-22-61(50-63)56-106)53-94(81(95)58-108)115-87-38-16-7-29-70(87)75-42-41-74-67-26-4-11-33-82(67)110(2)101(74)103(75)115/h4-54H,59H2,1-3H3. The largest absolute Gasteiger partial charge is 0.344 e. The summed E-state index contributed by atoms with van der Waals surface area (Å²) in [5.41, 5.74) is 25.8. The van der Waals surface area contributed by atoms with Gasteiger partial charge in [-0.15, -0.1) is 0 Å². The zero-order valence-electron chi connectivity index (χ0n) is 63.0. The van der Waals surface area contributed by atoms with Gasteiger partial charge in [0.25, 0.3) is 0 Å². The van der Waals surface area contributed by atoms with E-state index in [0.717, 1.165) is 214 Å². The highest BCUT2D eigenvalue weighted by molar-refractivity contribution is 6.30. The molecule has 0 radical (unpaired) electrons. The SMILES string of the molecule is Cn1c2ccccc2c2c1ccc1c3ccccc3n(-c3cc(-c4cccc(C#N)c4)cc(-n4c5ccccc5c5ccc6c(c7ccccc7n6Cc6cccc7c6c6ccc8c9ccccc9n(-c9cc(-c%10cccc(C#N)c%10)cc(-n%10c%11ccccc%11c%11ccc%12c%13ccccc%13n(C)c%12c%11%10)c9C#N)c8c6n7C)c54)c3C#N)c12. The van der Waals surface area contributed by atoms with E-state index in [9.17, 15) is 21.0 Å². The van der Waals surface area contributed by atoms with Gasteiger partial charge in [-0.05, 0) is 137 Å². The Morgan fingerprint density at radius 2 is 0.552 bits per heavy atom. The number of nitrogens with zero attached hydrogens (tertiary/aromatic N) is 12. The highest BCUT2D eigenvalue weighted by Crippen LogP contribution is 2.50. The molecule has 12 heteroatoms. The van der Waals surface area contributed by atoms with E-state index >= 15 is 0 Å². The number of benzene rings is 16. The van der Waals surface area contributed by atoms with Gasteiger partial charge in [-0.2, -0.15) is 21.0 Å². The Kier molecular flexibility index (Phi) is 13.4. The molecule has 0 fully saturated rings. The van der Waals surface area contributed by atoms with Crippen molar-refractivity contribution in [3.8, 4) is 69.3 Å². The van der Waals surface area contributed by atoms with Crippen LogP contribution in [0.15, 0.2) is 309 Å². The van der Waals surface area contributed by atoms with Crippen LogP contribution in [0.25, 0.3) is 219 Å². The fourth-order valence-electron chi connectivity index (χ4n) is 20.4. The summed E-state index contributed by atoms with van der Waals surface area (Å²) in [6.07, 6.45) is 0. The number of aryl methyl sites for hydroxylation is 3. The molecule has 116 heavy (non-hydrogen) atoms. The van der Waals surface area contributed by atoms with Gasteiger partial charge in [0.15, 0.2) is 0 Å². The van der Waals surface area contributed by atoms with Crippen LogP contribution in [0, 0.1) is 45.3 Å². The molecule has 0 bridgehead atoms. The Morgan fingerprint density at radius 3 is 1.03 bits per heavy atom. The van der Waals surface area contributed by atoms with Crippen molar-refractivity contribution < 1.29 is 0 Å². The second-order valence-corrected chi connectivity index (χ2v) is 30.9. The van der Waals surface area contributed by atoms with E-state index in [1.807, 2.05) is 36.4 Å². The second kappa shape index (κ2) is 24.0. The van der Waals surface area contributed by atoms with E-state index in [-0.39, 0.29) is 0 Å². The zero-order valence-corrected chi connectivity index (χ0v) is 63.0. The average molecular weight is 1480 g/mol. The van der Waals surface area contributed by atoms with E-state index < -0.39 is 0 Å². The zero-order chi connectivity index (χ0) is 77.2. The molecule has 0 aliphatic rings. The number of hydrogen-bond acceptors (Lipinski definition) is 4. The first-order valence-electron chi connectivity index (χ1n) is 39.0. The molecule has 0 N–H and O–H groups in total. The van der Waals surface area contributed by atoms with E-state index in [1.165, 1.54) is 0 Å². The highest BCUT2D eigenvalue weighted by atomic mass is 15.1. The molecule has 8 aromatic heterocycles. The van der Waals surface area contributed by atoms with Gasteiger partial charge >= 0.3 is 0 Å². The molecular formula is C104H62N12. The Bertz CT molecular complexity index is 8800. The second-order valence-electron chi connectivity index (χ2n) is 30.9. The number of rotatable bonds is 8. The van der Waals surface area contributed by atoms with Gasteiger partial charge in [0, 0.05) is 136 Å². The number of hydrogen-bond donors (Lipinski definition) is 0. The predicted molar refractivity (Wildman–Crippen MR) is 474 cm³/mol. The molecule has 24 rings (SSSR count). The van der Waals surface area contributed by atoms with Crippen molar-refractivity contribution in [2.24, 2.45) is 21.1 Å². The van der Waals surface area contributed by atoms with Crippen LogP contribution < -0.4 is 0 Å². The van der Waals surface area contributed by atoms with Crippen LogP contribution in [-0.4, -0.2) is 36.5 Å². The summed E-state index contributed by atoms with van der Waals surface area (Å²) >= 11 is 0. The Labute approximate surface area is 662 Å². The first-order valence-corrected chi connectivity index (χ1v) is 39.0. The Hall–Kier alpha value is -16.1. The van der Waals surface area contributed by atoms with Crippen LogP contribution in [-0.2, 0) is 27.7 Å². The Balaban J connectivity index is 0.754. The van der Waals surface area contributed by atoms with Gasteiger partial charge in [-0.3, -0.25) is 0 Å². The maximum Gasteiger partial charge on any atom is 0.104 e. The molecule has 24 aromatic rings. The van der Waals surface area contributed by atoms with E-state index in [4.69, 9.17) is 0 Å². The van der Waals surface area contributed by atoms with Crippen molar-refractivity contribution in [3.05, 3.63) is 337 Å². The lowest BCUT2D eigenvalue weighted by atomic mass is 9.98. The number of para-hydroxylation sites is 7. The molecule has 0 atom stereocenters. The topological polar surface area (TPSA) is 135 Å². The van der Waals surface area contributed by atoms with Crippen LogP contribution in [0.5, 0.6) is 0 Å². The van der Waals surface area contributed by atoms with E-state index in [0.29, 0.717) is 40.2 Å². The van der Waals surface area contributed by atoms with Crippen molar-refractivity contribution in [1.29, 1.82) is 21.0 Å². The molecule has 538 valence electrons. The molecule has 0 aliphatic carbocycles. The quantitative estimate of drug-likeness (QED) is 0.150. The smallest absolute Gasteiger partial charge is 0.104 e. The van der Waals surface area contributed by atoms with E-state index in [1.54, 1.807) is 0 Å². The molecule has 16 aromatic carbocycles. The lowest BCUT2D eigenvalue weighted by Gasteiger charge is -2.19. The fourth-order valence-corrected chi connectivity index (χ4v) is 20.4. The van der Waals surface area contributed by atoms with Crippen molar-refractivity contribution in [2.75, 3.05) is 0 Å². The molecule has 0 spiro atoms. The van der Waals surface area contributed by atoms with Gasteiger partial charge in [0.05, 0.1) is 112 Å². The van der Waals surface area contributed by atoms with Crippen molar-refractivity contribution in [1.82, 2.24) is 36.5 Å². The van der Waals surface area contributed by atoms with Gasteiger partial charge in [0.1, 0.15) is 23.3 Å². The van der Waals surface area contributed by atoms with Gasteiger partial charge in [-0.25, -0.2) is 0 Å². The summed E-state index contributed by atoms with van der Waals surface area (Å²) in [6.45, 7) is 0.496. The third-order valence-electron chi connectivity index (χ3n) is 25.2. The van der Waals surface area contributed by atoms with Gasteiger partial charge in [-0.1, -0.05) is 200 Å². The van der Waals surface area contributed by atoms with Crippen LogP contribution in [0.1, 0.15) is 27.8 Å². The van der Waals surface area contributed by atoms with Crippen molar-refractivity contribution in [3.63, 3.8) is 0 Å². The summed E-state index contributed by atoms with van der Waals surface area (Å²) in [6, 6.07) is 120. The first kappa shape index (κ1) is 64.7. The van der Waals surface area contributed by atoms with Crippen LogP contribution in [0.2, 0.25) is 0 Å². The monoisotopic (exact) mass is 1480 g/mol.